The Balaban J connectivity index is 1.66. The molecule has 20 heavy (non-hydrogen) atoms. The molecule has 0 aromatic carbocycles. The number of pyridine rings is 1. The SMILES string of the molecule is O=C(Nc1cc(-c2ccccn2)no1)C1CCCCC1. The van der Waals surface area contributed by atoms with E-state index in [1.54, 1.807) is 12.3 Å². The maximum atomic E-state index is 12.1. The van der Waals surface area contributed by atoms with Crippen molar-refractivity contribution in [3.63, 3.8) is 0 Å². The van der Waals surface area contributed by atoms with Crippen LogP contribution in [0.3, 0.4) is 0 Å². The molecule has 0 atom stereocenters. The summed E-state index contributed by atoms with van der Waals surface area (Å²) in [6.45, 7) is 0. The van der Waals surface area contributed by atoms with Gasteiger partial charge in [0, 0.05) is 18.2 Å². The maximum Gasteiger partial charge on any atom is 0.231 e. The number of hydrogen-bond donors (Lipinski definition) is 1. The molecule has 2 aromatic heterocycles. The number of carbonyl (C=O) groups excluding carboxylic acids is 1. The summed E-state index contributed by atoms with van der Waals surface area (Å²) in [4.78, 5) is 16.3. The maximum absolute atomic E-state index is 12.1. The van der Waals surface area contributed by atoms with Crippen LogP contribution in [0.1, 0.15) is 32.1 Å². The Bertz CT molecular complexity index is 574. The summed E-state index contributed by atoms with van der Waals surface area (Å²) in [6, 6.07) is 7.29. The van der Waals surface area contributed by atoms with E-state index in [2.05, 4.69) is 15.5 Å². The first-order valence-corrected chi connectivity index (χ1v) is 7.02. The topological polar surface area (TPSA) is 68.0 Å². The molecule has 0 unspecified atom stereocenters. The van der Waals surface area contributed by atoms with Crippen LogP contribution in [0.2, 0.25) is 0 Å². The second kappa shape index (κ2) is 5.86. The van der Waals surface area contributed by atoms with Crippen LogP contribution in [-0.2, 0) is 4.79 Å². The van der Waals surface area contributed by atoms with Gasteiger partial charge in [-0.25, -0.2) is 0 Å². The fourth-order valence-electron chi connectivity index (χ4n) is 2.56. The van der Waals surface area contributed by atoms with Gasteiger partial charge in [-0.05, 0) is 25.0 Å². The van der Waals surface area contributed by atoms with Gasteiger partial charge < -0.3 is 4.52 Å². The molecule has 1 amide bonds. The van der Waals surface area contributed by atoms with Crippen molar-refractivity contribution in [1.29, 1.82) is 0 Å². The van der Waals surface area contributed by atoms with Crippen molar-refractivity contribution in [2.24, 2.45) is 5.92 Å². The molecule has 0 bridgehead atoms. The Morgan fingerprint density at radius 1 is 1.20 bits per heavy atom. The van der Waals surface area contributed by atoms with Gasteiger partial charge in [-0.3, -0.25) is 15.1 Å². The molecule has 0 aliphatic heterocycles. The van der Waals surface area contributed by atoms with E-state index in [0.717, 1.165) is 31.4 Å². The van der Waals surface area contributed by atoms with Crippen LogP contribution in [0.4, 0.5) is 5.88 Å². The van der Waals surface area contributed by atoms with E-state index in [1.165, 1.54) is 6.42 Å². The summed E-state index contributed by atoms with van der Waals surface area (Å²) >= 11 is 0. The number of amides is 1. The molecule has 5 heteroatoms. The minimum atomic E-state index is 0.0356. The lowest BCUT2D eigenvalue weighted by Crippen LogP contribution is -2.24. The quantitative estimate of drug-likeness (QED) is 0.930. The van der Waals surface area contributed by atoms with Crippen LogP contribution < -0.4 is 5.32 Å². The number of carbonyl (C=O) groups is 1. The second-order valence-corrected chi connectivity index (χ2v) is 5.12. The average Bonchev–Trinajstić information content (AvgIpc) is 2.97. The summed E-state index contributed by atoms with van der Waals surface area (Å²) in [5.74, 6) is 0.529. The first kappa shape index (κ1) is 12.8. The highest BCUT2D eigenvalue weighted by molar-refractivity contribution is 5.91. The van der Waals surface area contributed by atoms with E-state index in [4.69, 9.17) is 4.52 Å². The van der Waals surface area contributed by atoms with E-state index >= 15 is 0 Å². The first-order chi connectivity index (χ1) is 9.83. The van der Waals surface area contributed by atoms with Gasteiger partial charge in [0.05, 0.1) is 5.69 Å². The summed E-state index contributed by atoms with van der Waals surface area (Å²) in [5.41, 5.74) is 1.36. The third-order valence-corrected chi connectivity index (χ3v) is 3.66. The summed E-state index contributed by atoms with van der Waals surface area (Å²) in [5, 5.41) is 6.74. The van der Waals surface area contributed by atoms with Gasteiger partial charge in [-0.1, -0.05) is 30.5 Å². The number of nitrogens with zero attached hydrogens (tertiary/aromatic N) is 2. The van der Waals surface area contributed by atoms with Crippen LogP contribution >= 0.6 is 0 Å². The highest BCUT2D eigenvalue weighted by Crippen LogP contribution is 2.26. The van der Waals surface area contributed by atoms with Gasteiger partial charge in [-0.2, -0.15) is 0 Å². The van der Waals surface area contributed by atoms with Crippen LogP contribution in [-0.4, -0.2) is 16.0 Å². The van der Waals surface area contributed by atoms with Crippen LogP contribution in [0, 0.1) is 5.92 Å². The number of rotatable bonds is 3. The molecule has 3 rings (SSSR count). The molecule has 0 radical (unpaired) electrons. The zero-order valence-electron chi connectivity index (χ0n) is 11.2. The zero-order chi connectivity index (χ0) is 13.8. The van der Waals surface area contributed by atoms with Crippen molar-refractivity contribution in [2.45, 2.75) is 32.1 Å². The minimum absolute atomic E-state index is 0.0356. The third kappa shape index (κ3) is 2.87. The van der Waals surface area contributed by atoms with E-state index in [1.807, 2.05) is 18.2 Å². The normalized spacial score (nSPS) is 16.0. The molecule has 2 aromatic rings. The van der Waals surface area contributed by atoms with Crippen molar-refractivity contribution >= 4 is 11.8 Å². The average molecular weight is 271 g/mol. The van der Waals surface area contributed by atoms with Crippen molar-refractivity contribution in [2.75, 3.05) is 5.32 Å². The predicted molar refractivity (Wildman–Crippen MR) is 74.9 cm³/mol. The summed E-state index contributed by atoms with van der Waals surface area (Å²) < 4.78 is 5.16. The van der Waals surface area contributed by atoms with Crippen LogP contribution in [0.15, 0.2) is 35.0 Å². The minimum Gasteiger partial charge on any atom is -0.338 e. The van der Waals surface area contributed by atoms with Gasteiger partial charge >= 0.3 is 0 Å². The van der Waals surface area contributed by atoms with E-state index in [0.29, 0.717) is 11.6 Å². The number of anilines is 1. The number of aromatic nitrogens is 2. The summed E-state index contributed by atoms with van der Waals surface area (Å²) in [7, 11) is 0. The molecule has 5 nitrogen and oxygen atoms in total. The van der Waals surface area contributed by atoms with Gasteiger partial charge in [0.15, 0.2) is 0 Å². The molecule has 2 heterocycles. The Labute approximate surface area is 117 Å². The Kier molecular flexibility index (Phi) is 3.76. The van der Waals surface area contributed by atoms with Gasteiger partial charge in [0.2, 0.25) is 11.8 Å². The highest BCUT2D eigenvalue weighted by Gasteiger charge is 2.22. The van der Waals surface area contributed by atoms with E-state index in [9.17, 15) is 4.79 Å². The van der Waals surface area contributed by atoms with Crippen LogP contribution in [0.5, 0.6) is 0 Å². The third-order valence-electron chi connectivity index (χ3n) is 3.66. The molecule has 1 N–H and O–H groups in total. The highest BCUT2D eigenvalue weighted by atomic mass is 16.5. The lowest BCUT2D eigenvalue weighted by molar-refractivity contribution is -0.120. The van der Waals surface area contributed by atoms with Crippen molar-refractivity contribution in [1.82, 2.24) is 10.1 Å². The van der Waals surface area contributed by atoms with Crippen molar-refractivity contribution < 1.29 is 9.32 Å². The predicted octanol–water partition coefficient (Wildman–Crippen LogP) is 3.26. The molecular formula is C15H17N3O2. The standard InChI is InChI=1S/C15H17N3O2/c19-15(11-6-2-1-3-7-11)17-14-10-13(18-20-14)12-8-4-5-9-16-12/h4-5,8-11H,1-3,6-7H2,(H,17,19). The zero-order valence-corrected chi connectivity index (χ0v) is 11.2. The lowest BCUT2D eigenvalue weighted by Gasteiger charge is -2.19. The first-order valence-electron chi connectivity index (χ1n) is 7.02. The van der Waals surface area contributed by atoms with Gasteiger partial charge in [0.1, 0.15) is 5.69 Å². The Hall–Kier alpha value is -2.17. The molecule has 1 saturated carbocycles. The largest absolute Gasteiger partial charge is 0.338 e. The second-order valence-electron chi connectivity index (χ2n) is 5.12. The molecule has 104 valence electrons. The molecule has 1 fully saturated rings. The van der Waals surface area contributed by atoms with E-state index < -0.39 is 0 Å². The monoisotopic (exact) mass is 271 g/mol. The molecule has 0 spiro atoms. The summed E-state index contributed by atoms with van der Waals surface area (Å²) in [6.07, 6.45) is 7.13. The van der Waals surface area contributed by atoms with Crippen LogP contribution in [0.25, 0.3) is 11.4 Å². The molecule has 1 aliphatic carbocycles. The number of hydrogen-bond acceptors (Lipinski definition) is 4. The number of nitrogens with one attached hydrogen (secondary N) is 1. The van der Waals surface area contributed by atoms with Crippen molar-refractivity contribution in [3.8, 4) is 11.4 Å². The molecular weight excluding hydrogens is 254 g/mol. The van der Waals surface area contributed by atoms with E-state index in [-0.39, 0.29) is 11.8 Å². The fourth-order valence-corrected chi connectivity index (χ4v) is 2.56. The van der Waals surface area contributed by atoms with Crippen molar-refractivity contribution in [3.05, 3.63) is 30.5 Å². The molecule has 0 saturated heterocycles. The van der Waals surface area contributed by atoms with Gasteiger partial charge in [-0.15, -0.1) is 0 Å². The lowest BCUT2D eigenvalue weighted by atomic mass is 9.89. The molecule has 1 aliphatic rings. The van der Waals surface area contributed by atoms with Gasteiger partial charge in [0.25, 0.3) is 0 Å². The fraction of sp³-hybridized carbons (Fsp3) is 0.400. The smallest absolute Gasteiger partial charge is 0.231 e. The Morgan fingerprint density at radius 3 is 2.80 bits per heavy atom. The Morgan fingerprint density at radius 2 is 2.05 bits per heavy atom.